The normalized spacial score (nSPS) is 16.6. The Kier molecular flexibility index (Phi) is 6.49. The van der Waals surface area contributed by atoms with Crippen LogP contribution in [-0.4, -0.2) is 54.4 Å². The molecule has 0 radical (unpaired) electrons. The molecule has 0 unspecified atom stereocenters. The number of likely N-dealkylation sites (tertiary alicyclic amines) is 1. The third-order valence-electron chi connectivity index (χ3n) is 2.92. The number of carboxylic acid groups (broad SMARTS) is 1. The fraction of sp³-hybridized carbons (Fsp3) is 0.833. The first-order chi connectivity index (χ1) is 8.63. The second-order valence-electron chi connectivity index (χ2n) is 4.43. The molecule has 1 heterocycles. The van der Waals surface area contributed by atoms with Gasteiger partial charge < -0.3 is 20.1 Å². The van der Waals surface area contributed by atoms with E-state index in [2.05, 4.69) is 5.32 Å². The van der Waals surface area contributed by atoms with Crippen LogP contribution in [0.4, 0.5) is 4.79 Å². The number of nitrogens with one attached hydrogen (secondary N) is 1. The van der Waals surface area contributed by atoms with Crippen molar-refractivity contribution in [2.45, 2.75) is 38.7 Å². The average Bonchev–Trinajstić information content (AvgIpc) is 2.36. The highest BCUT2D eigenvalue weighted by Crippen LogP contribution is 2.13. The molecule has 1 rings (SSSR count). The molecule has 0 aromatic rings. The number of piperidine rings is 1. The number of carbonyl (C=O) groups excluding carboxylic acids is 1. The molecule has 6 heteroatoms. The lowest BCUT2D eigenvalue weighted by Crippen LogP contribution is -2.46. The summed E-state index contributed by atoms with van der Waals surface area (Å²) in [5.41, 5.74) is 0. The van der Waals surface area contributed by atoms with Gasteiger partial charge in [0.1, 0.15) is 0 Å². The van der Waals surface area contributed by atoms with Crippen LogP contribution in [0.2, 0.25) is 0 Å². The zero-order chi connectivity index (χ0) is 13.4. The fourth-order valence-corrected chi connectivity index (χ4v) is 1.88. The summed E-state index contributed by atoms with van der Waals surface area (Å²) >= 11 is 0. The predicted octanol–water partition coefficient (Wildman–Crippen LogP) is 1.06. The van der Waals surface area contributed by atoms with E-state index in [-0.39, 0.29) is 25.2 Å². The van der Waals surface area contributed by atoms with Gasteiger partial charge in [0.25, 0.3) is 0 Å². The van der Waals surface area contributed by atoms with E-state index < -0.39 is 5.97 Å². The molecule has 0 aliphatic carbocycles. The molecule has 104 valence electrons. The van der Waals surface area contributed by atoms with E-state index in [0.29, 0.717) is 19.6 Å². The number of amides is 2. The predicted molar refractivity (Wildman–Crippen MR) is 66.5 cm³/mol. The van der Waals surface area contributed by atoms with Gasteiger partial charge >= 0.3 is 12.0 Å². The van der Waals surface area contributed by atoms with Gasteiger partial charge in [-0.1, -0.05) is 6.92 Å². The van der Waals surface area contributed by atoms with E-state index in [1.807, 2.05) is 6.92 Å². The minimum atomic E-state index is -0.841. The minimum absolute atomic E-state index is 0.0131. The number of ether oxygens (including phenoxy) is 1. The first-order valence-electron chi connectivity index (χ1n) is 6.49. The molecule has 18 heavy (non-hydrogen) atoms. The SMILES string of the molecule is CCCNC(=O)N1CCC(OCCC(=O)O)CC1. The third-order valence-corrected chi connectivity index (χ3v) is 2.92. The molecule has 0 saturated carbocycles. The largest absolute Gasteiger partial charge is 0.481 e. The number of urea groups is 1. The zero-order valence-corrected chi connectivity index (χ0v) is 10.9. The fourth-order valence-electron chi connectivity index (χ4n) is 1.88. The van der Waals surface area contributed by atoms with Gasteiger partial charge in [0, 0.05) is 19.6 Å². The lowest BCUT2D eigenvalue weighted by Gasteiger charge is -2.31. The molecule has 2 amide bonds. The highest BCUT2D eigenvalue weighted by molar-refractivity contribution is 5.74. The molecule has 1 aliphatic rings. The van der Waals surface area contributed by atoms with Crippen molar-refractivity contribution < 1.29 is 19.4 Å². The second kappa shape index (κ2) is 7.92. The van der Waals surface area contributed by atoms with Crippen LogP contribution in [0.1, 0.15) is 32.6 Å². The summed E-state index contributed by atoms with van der Waals surface area (Å²) in [6.07, 6.45) is 2.61. The topological polar surface area (TPSA) is 78.9 Å². The van der Waals surface area contributed by atoms with Crippen LogP contribution in [0.5, 0.6) is 0 Å². The molecule has 0 aromatic heterocycles. The molecule has 1 saturated heterocycles. The molecular formula is C12H22N2O4. The molecule has 1 aliphatic heterocycles. The Bertz CT molecular complexity index is 275. The Morgan fingerprint density at radius 2 is 2.06 bits per heavy atom. The Labute approximate surface area is 107 Å². The minimum Gasteiger partial charge on any atom is -0.481 e. The quantitative estimate of drug-likeness (QED) is 0.746. The summed E-state index contributed by atoms with van der Waals surface area (Å²) in [7, 11) is 0. The maximum atomic E-state index is 11.7. The monoisotopic (exact) mass is 258 g/mol. The molecular weight excluding hydrogens is 236 g/mol. The summed E-state index contributed by atoms with van der Waals surface area (Å²) < 4.78 is 5.46. The van der Waals surface area contributed by atoms with Gasteiger partial charge in [-0.15, -0.1) is 0 Å². The van der Waals surface area contributed by atoms with Crippen molar-refractivity contribution in [3.05, 3.63) is 0 Å². The van der Waals surface area contributed by atoms with Crippen molar-refractivity contribution in [3.63, 3.8) is 0 Å². The Hall–Kier alpha value is -1.30. The smallest absolute Gasteiger partial charge is 0.317 e. The summed E-state index contributed by atoms with van der Waals surface area (Å²) in [5.74, 6) is -0.841. The Balaban J connectivity index is 2.16. The molecule has 0 spiro atoms. The average molecular weight is 258 g/mol. The van der Waals surface area contributed by atoms with Gasteiger partial charge in [-0.05, 0) is 19.3 Å². The van der Waals surface area contributed by atoms with Crippen LogP contribution in [0, 0.1) is 0 Å². The van der Waals surface area contributed by atoms with Gasteiger partial charge in [0.2, 0.25) is 0 Å². The zero-order valence-electron chi connectivity index (χ0n) is 10.9. The Morgan fingerprint density at radius 1 is 1.39 bits per heavy atom. The third kappa shape index (κ3) is 5.35. The summed E-state index contributed by atoms with van der Waals surface area (Å²) in [6.45, 7) is 4.32. The van der Waals surface area contributed by atoms with Crippen LogP contribution in [-0.2, 0) is 9.53 Å². The number of aliphatic carboxylic acids is 1. The molecule has 1 fully saturated rings. The number of carboxylic acids is 1. The van der Waals surface area contributed by atoms with Crippen LogP contribution >= 0.6 is 0 Å². The summed E-state index contributed by atoms with van der Waals surface area (Å²) in [6, 6.07) is -0.0131. The first-order valence-corrected chi connectivity index (χ1v) is 6.49. The molecule has 6 nitrogen and oxygen atoms in total. The number of nitrogens with zero attached hydrogens (tertiary/aromatic N) is 1. The van der Waals surface area contributed by atoms with Gasteiger partial charge in [0.15, 0.2) is 0 Å². The van der Waals surface area contributed by atoms with E-state index in [0.717, 1.165) is 19.3 Å². The van der Waals surface area contributed by atoms with Gasteiger partial charge in [-0.2, -0.15) is 0 Å². The number of carbonyl (C=O) groups is 2. The molecule has 0 bridgehead atoms. The Morgan fingerprint density at radius 3 is 2.61 bits per heavy atom. The van der Waals surface area contributed by atoms with Crippen molar-refractivity contribution in [3.8, 4) is 0 Å². The van der Waals surface area contributed by atoms with Gasteiger partial charge in [-0.3, -0.25) is 4.79 Å². The molecule has 2 N–H and O–H groups in total. The lowest BCUT2D eigenvalue weighted by atomic mass is 10.1. The number of hydrogen-bond donors (Lipinski definition) is 2. The van der Waals surface area contributed by atoms with Crippen LogP contribution in [0.15, 0.2) is 0 Å². The van der Waals surface area contributed by atoms with Crippen molar-refractivity contribution in [1.82, 2.24) is 10.2 Å². The van der Waals surface area contributed by atoms with Crippen molar-refractivity contribution in [1.29, 1.82) is 0 Å². The number of rotatable bonds is 6. The molecule has 0 atom stereocenters. The summed E-state index contributed by atoms with van der Waals surface area (Å²) in [4.78, 5) is 23.8. The highest BCUT2D eigenvalue weighted by atomic mass is 16.5. The van der Waals surface area contributed by atoms with E-state index in [4.69, 9.17) is 9.84 Å². The number of hydrogen-bond acceptors (Lipinski definition) is 3. The maximum Gasteiger partial charge on any atom is 0.317 e. The van der Waals surface area contributed by atoms with E-state index >= 15 is 0 Å². The highest BCUT2D eigenvalue weighted by Gasteiger charge is 2.22. The first kappa shape index (κ1) is 14.8. The standard InChI is InChI=1S/C12H22N2O4/c1-2-6-13-12(17)14-7-3-10(4-8-14)18-9-5-11(15)16/h10H,2-9H2,1H3,(H,13,17)(H,15,16). The van der Waals surface area contributed by atoms with Gasteiger partial charge in [-0.25, -0.2) is 4.79 Å². The van der Waals surface area contributed by atoms with Crippen molar-refractivity contribution >= 4 is 12.0 Å². The van der Waals surface area contributed by atoms with Gasteiger partial charge in [0.05, 0.1) is 19.1 Å². The van der Waals surface area contributed by atoms with Crippen LogP contribution in [0.3, 0.4) is 0 Å². The van der Waals surface area contributed by atoms with Crippen molar-refractivity contribution in [2.75, 3.05) is 26.2 Å². The molecule has 0 aromatic carbocycles. The van der Waals surface area contributed by atoms with Crippen LogP contribution < -0.4 is 5.32 Å². The van der Waals surface area contributed by atoms with E-state index in [1.54, 1.807) is 4.90 Å². The second-order valence-corrected chi connectivity index (χ2v) is 4.43. The van der Waals surface area contributed by atoms with E-state index in [9.17, 15) is 9.59 Å². The van der Waals surface area contributed by atoms with E-state index in [1.165, 1.54) is 0 Å². The maximum absolute atomic E-state index is 11.7. The van der Waals surface area contributed by atoms with Crippen molar-refractivity contribution in [2.24, 2.45) is 0 Å². The lowest BCUT2D eigenvalue weighted by molar-refractivity contribution is -0.138. The summed E-state index contributed by atoms with van der Waals surface area (Å²) in [5, 5.41) is 11.3. The van der Waals surface area contributed by atoms with Crippen LogP contribution in [0.25, 0.3) is 0 Å².